The van der Waals surface area contributed by atoms with Gasteiger partial charge in [-0.3, -0.25) is 9.69 Å². The summed E-state index contributed by atoms with van der Waals surface area (Å²) in [6.45, 7) is 8.77. The van der Waals surface area contributed by atoms with Crippen LogP contribution in [0.25, 0.3) is 0 Å². The van der Waals surface area contributed by atoms with Crippen molar-refractivity contribution in [1.82, 2.24) is 10.2 Å². The molecular formula is C15H31F2N2O2V-. The molecule has 0 spiro atoms. The Morgan fingerprint density at radius 3 is 2.14 bits per heavy atom. The van der Waals surface area contributed by atoms with E-state index in [0.29, 0.717) is 19.5 Å². The van der Waals surface area contributed by atoms with E-state index in [9.17, 15) is 13.6 Å². The molecule has 0 aromatic heterocycles. The third-order valence-electron chi connectivity index (χ3n) is 2.89. The molecule has 1 fully saturated rings. The van der Waals surface area contributed by atoms with Crippen molar-refractivity contribution in [3.63, 3.8) is 0 Å². The van der Waals surface area contributed by atoms with E-state index in [1.165, 1.54) is 6.42 Å². The molecule has 1 amide bonds. The molecule has 0 aliphatic carbocycles. The Labute approximate surface area is 145 Å². The number of piperidine rings is 1. The van der Waals surface area contributed by atoms with Crippen molar-refractivity contribution < 1.29 is 37.2 Å². The molecule has 0 aromatic carbocycles. The summed E-state index contributed by atoms with van der Waals surface area (Å²) in [6, 6.07) is 0.148. The Balaban J connectivity index is -0.000000536. The standard InChI is InChI=1S/C11H19F2N2O.C3H8.CH4O.V/c1-2-5-11(12,13)8-15-6-3-10(4-7-15)14-9-16;1-3-2;1-2;/h9-10H,1-8H2,(H,14,16);3H2,1-2H3;2H,1H3;/q-1;;;. The van der Waals surface area contributed by atoms with Gasteiger partial charge in [-0.2, -0.15) is 6.42 Å². The van der Waals surface area contributed by atoms with Crippen molar-refractivity contribution in [3.05, 3.63) is 6.92 Å². The number of carbonyl (C=O) groups is 1. The zero-order chi connectivity index (χ0) is 16.7. The summed E-state index contributed by atoms with van der Waals surface area (Å²) in [5.41, 5.74) is 0. The molecule has 0 aromatic rings. The van der Waals surface area contributed by atoms with Crippen molar-refractivity contribution in [2.45, 2.75) is 57.9 Å². The topological polar surface area (TPSA) is 52.6 Å². The first-order valence-electron chi connectivity index (χ1n) is 7.52. The minimum Gasteiger partial charge on any atom is -0.400 e. The summed E-state index contributed by atoms with van der Waals surface area (Å²) in [6.07, 6.45) is 3.53. The zero-order valence-corrected chi connectivity index (χ0v) is 15.4. The second-order valence-electron chi connectivity index (χ2n) is 5.00. The van der Waals surface area contributed by atoms with Crippen LogP contribution in [0.3, 0.4) is 0 Å². The first-order chi connectivity index (χ1) is 9.99. The fraction of sp³-hybridized carbons (Fsp3) is 0.867. The van der Waals surface area contributed by atoms with Gasteiger partial charge in [-0.15, -0.1) is 0 Å². The van der Waals surface area contributed by atoms with E-state index in [2.05, 4.69) is 26.1 Å². The average molecular weight is 360 g/mol. The molecule has 1 saturated heterocycles. The summed E-state index contributed by atoms with van der Waals surface area (Å²) in [7, 11) is 1.00. The molecule has 1 heterocycles. The third-order valence-corrected chi connectivity index (χ3v) is 2.89. The van der Waals surface area contributed by atoms with Crippen molar-refractivity contribution in [2.24, 2.45) is 0 Å². The number of hydrogen-bond donors (Lipinski definition) is 2. The molecule has 0 atom stereocenters. The Morgan fingerprint density at radius 2 is 1.77 bits per heavy atom. The number of carbonyl (C=O) groups excluding carboxylic acids is 1. The predicted molar refractivity (Wildman–Crippen MR) is 82.3 cm³/mol. The van der Waals surface area contributed by atoms with Crippen LogP contribution in [0.1, 0.15) is 46.0 Å². The second kappa shape index (κ2) is 17.2. The molecule has 4 nitrogen and oxygen atoms in total. The number of rotatable bonds is 6. The maximum Gasteiger partial charge on any atom is 0.258 e. The molecule has 1 aliphatic heterocycles. The summed E-state index contributed by atoms with van der Waals surface area (Å²) in [5.74, 6) is -2.63. The van der Waals surface area contributed by atoms with Gasteiger partial charge in [0.2, 0.25) is 6.41 Å². The van der Waals surface area contributed by atoms with E-state index in [-0.39, 0.29) is 44.0 Å². The Hall–Kier alpha value is -0.166. The van der Waals surface area contributed by atoms with Crippen LogP contribution < -0.4 is 5.32 Å². The second-order valence-corrected chi connectivity index (χ2v) is 5.00. The number of alkyl halides is 2. The van der Waals surface area contributed by atoms with Crippen LogP contribution in [-0.4, -0.2) is 55.1 Å². The van der Waals surface area contributed by atoms with Crippen molar-refractivity contribution in [3.8, 4) is 0 Å². The first-order valence-corrected chi connectivity index (χ1v) is 7.52. The maximum atomic E-state index is 13.3. The maximum absolute atomic E-state index is 13.3. The van der Waals surface area contributed by atoms with Crippen LogP contribution in [0, 0.1) is 6.92 Å². The van der Waals surface area contributed by atoms with Crippen molar-refractivity contribution in [2.75, 3.05) is 26.7 Å². The number of nitrogens with one attached hydrogen (secondary N) is 1. The van der Waals surface area contributed by atoms with E-state index in [1.54, 1.807) is 4.90 Å². The minimum atomic E-state index is -2.63. The molecule has 2 N–H and O–H groups in total. The Morgan fingerprint density at radius 1 is 1.32 bits per heavy atom. The summed E-state index contributed by atoms with van der Waals surface area (Å²) < 4.78 is 26.6. The summed E-state index contributed by atoms with van der Waals surface area (Å²) >= 11 is 0. The van der Waals surface area contributed by atoms with Crippen molar-refractivity contribution >= 4 is 6.41 Å². The van der Waals surface area contributed by atoms with E-state index in [1.807, 2.05) is 0 Å². The molecule has 0 saturated carbocycles. The predicted octanol–water partition coefficient (Wildman–Crippen LogP) is 2.47. The number of nitrogens with zero attached hydrogens (tertiary/aromatic N) is 1. The van der Waals surface area contributed by atoms with Crippen LogP contribution in [0.15, 0.2) is 0 Å². The molecule has 22 heavy (non-hydrogen) atoms. The van der Waals surface area contributed by atoms with Gasteiger partial charge in [0.15, 0.2) is 0 Å². The van der Waals surface area contributed by atoms with Gasteiger partial charge in [-0.05, 0) is 19.3 Å². The Kier molecular flexibility index (Phi) is 20.9. The van der Waals surface area contributed by atoms with E-state index in [4.69, 9.17) is 5.11 Å². The van der Waals surface area contributed by atoms with Gasteiger partial charge >= 0.3 is 0 Å². The molecule has 0 unspecified atom stereocenters. The number of aliphatic hydroxyl groups is 1. The van der Waals surface area contributed by atoms with Crippen LogP contribution in [0.5, 0.6) is 0 Å². The van der Waals surface area contributed by atoms with E-state index in [0.717, 1.165) is 20.0 Å². The summed E-state index contributed by atoms with van der Waals surface area (Å²) in [5, 5.41) is 9.69. The average Bonchev–Trinajstić information content (AvgIpc) is 2.44. The molecular weight excluding hydrogens is 329 g/mol. The Bertz CT molecular complexity index is 240. The van der Waals surface area contributed by atoms with Gasteiger partial charge in [-0.25, -0.2) is 8.78 Å². The molecule has 133 valence electrons. The SMILES string of the molecule is CCC.CO.[CH2-]CCC(F)(F)CN1CCC(NC=O)CC1.[V]. The van der Waals surface area contributed by atoms with Gasteiger partial charge in [-0.1, -0.05) is 20.3 Å². The number of likely N-dealkylation sites (tertiary alicyclic amines) is 1. The first kappa shape index (κ1) is 26.7. The fourth-order valence-corrected chi connectivity index (χ4v) is 2.02. The monoisotopic (exact) mass is 360 g/mol. The molecule has 1 rings (SSSR count). The normalized spacial score (nSPS) is 15.4. The van der Waals surface area contributed by atoms with Crippen LogP contribution in [0.2, 0.25) is 0 Å². The molecule has 0 bridgehead atoms. The van der Waals surface area contributed by atoms with Crippen LogP contribution in [0.4, 0.5) is 8.78 Å². The quantitative estimate of drug-likeness (QED) is 0.565. The summed E-state index contributed by atoms with van der Waals surface area (Å²) in [4.78, 5) is 12.0. The van der Waals surface area contributed by atoms with Crippen LogP contribution in [-0.2, 0) is 23.4 Å². The largest absolute Gasteiger partial charge is 0.400 e. The number of aliphatic hydroxyl groups excluding tert-OH is 1. The van der Waals surface area contributed by atoms with Gasteiger partial charge in [0.05, 0.1) is 6.54 Å². The van der Waals surface area contributed by atoms with Gasteiger partial charge in [0.1, 0.15) is 0 Å². The zero-order valence-electron chi connectivity index (χ0n) is 14.0. The minimum absolute atomic E-state index is 0. The smallest absolute Gasteiger partial charge is 0.258 e. The van der Waals surface area contributed by atoms with Crippen molar-refractivity contribution in [1.29, 1.82) is 0 Å². The molecule has 7 heteroatoms. The van der Waals surface area contributed by atoms with E-state index < -0.39 is 5.92 Å². The molecule has 1 radical (unpaired) electrons. The van der Waals surface area contributed by atoms with Gasteiger partial charge < -0.3 is 17.3 Å². The molecule has 1 aliphatic rings. The van der Waals surface area contributed by atoms with Gasteiger partial charge in [0.25, 0.3) is 5.92 Å². The van der Waals surface area contributed by atoms with Crippen LogP contribution >= 0.6 is 0 Å². The number of halogens is 2. The fourth-order valence-electron chi connectivity index (χ4n) is 2.02. The number of hydrogen-bond acceptors (Lipinski definition) is 3. The number of amides is 1. The van der Waals surface area contributed by atoms with E-state index >= 15 is 0 Å². The third kappa shape index (κ3) is 14.8. The van der Waals surface area contributed by atoms with Gasteiger partial charge in [0, 0.05) is 44.8 Å².